The maximum Gasteiger partial charge on any atom is 0.317 e. The van der Waals surface area contributed by atoms with Crippen LogP contribution in [-0.4, -0.2) is 25.7 Å². The van der Waals surface area contributed by atoms with Crippen LogP contribution in [0.1, 0.15) is 12.8 Å². The average Bonchev–Trinajstić information content (AvgIpc) is 1.96. The van der Waals surface area contributed by atoms with Crippen molar-refractivity contribution in [3.63, 3.8) is 0 Å². The van der Waals surface area contributed by atoms with E-state index in [9.17, 15) is 0 Å². The van der Waals surface area contributed by atoms with Crippen molar-refractivity contribution >= 4 is 25.7 Å². The van der Waals surface area contributed by atoms with Crippen LogP contribution in [0.2, 0.25) is 38.8 Å². The van der Waals surface area contributed by atoms with Gasteiger partial charge in [-0.15, -0.1) is 0 Å². The third kappa shape index (κ3) is 4.12. The van der Waals surface area contributed by atoms with Crippen LogP contribution < -0.4 is 0 Å². The largest absolute Gasteiger partial charge is 0.416 e. The smallest absolute Gasteiger partial charge is 0.317 e. The minimum atomic E-state index is -2.10. The van der Waals surface area contributed by atoms with Gasteiger partial charge in [0.25, 0.3) is 0 Å². The SMILES string of the molecule is C[Si]1(C)O[Si](C)(C)O[Si](C)(CCCC#N)O1. The van der Waals surface area contributed by atoms with E-state index >= 15 is 0 Å². The summed E-state index contributed by atoms with van der Waals surface area (Å²) in [5.41, 5.74) is 0. The van der Waals surface area contributed by atoms with E-state index in [2.05, 4.69) is 38.8 Å². The molecule has 7 heteroatoms. The highest BCUT2D eigenvalue weighted by Crippen LogP contribution is 2.33. The number of nitrogens with zero attached hydrogens (tertiary/aromatic N) is 1. The molecule has 1 saturated heterocycles. The Morgan fingerprint density at radius 2 is 1.44 bits per heavy atom. The lowest BCUT2D eigenvalue weighted by Crippen LogP contribution is -2.65. The van der Waals surface area contributed by atoms with Crippen molar-refractivity contribution in [3.05, 3.63) is 0 Å². The highest BCUT2D eigenvalue weighted by molar-refractivity contribution is 6.92. The van der Waals surface area contributed by atoms with Gasteiger partial charge >= 0.3 is 25.7 Å². The first-order valence-corrected chi connectivity index (χ1v) is 13.8. The molecule has 1 rings (SSSR count). The van der Waals surface area contributed by atoms with Gasteiger partial charge in [0.05, 0.1) is 6.07 Å². The Labute approximate surface area is 101 Å². The molecule has 92 valence electrons. The molecule has 0 aliphatic carbocycles. The molecule has 1 aliphatic rings. The first kappa shape index (κ1) is 14.1. The highest BCUT2D eigenvalue weighted by atomic mass is 28.5. The van der Waals surface area contributed by atoms with E-state index in [1.54, 1.807) is 0 Å². The third-order valence-electron chi connectivity index (χ3n) is 2.33. The number of nitriles is 1. The van der Waals surface area contributed by atoms with Gasteiger partial charge in [0.15, 0.2) is 0 Å². The van der Waals surface area contributed by atoms with Crippen molar-refractivity contribution in [2.24, 2.45) is 0 Å². The van der Waals surface area contributed by atoms with Gasteiger partial charge in [-0.3, -0.25) is 0 Å². The van der Waals surface area contributed by atoms with Crippen LogP contribution in [0.5, 0.6) is 0 Å². The van der Waals surface area contributed by atoms with E-state index in [1.807, 2.05) is 0 Å². The van der Waals surface area contributed by atoms with E-state index in [0.717, 1.165) is 12.5 Å². The number of hydrogen-bond donors (Lipinski definition) is 0. The van der Waals surface area contributed by atoms with Gasteiger partial charge in [-0.2, -0.15) is 5.26 Å². The quantitative estimate of drug-likeness (QED) is 0.587. The van der Waals surface area contributed by atoms with E-state index in [-0.39, 0.29) is 0 Å². The van der Waals surface area contributed by atoms with Crippen molar-refractivity contribution in [2.45, 2.75) is 51.6 Å². The summed E-state index contributed by atoms with van der Waals surface area (Å²) in [5, 5.41) is 8.56. The molecule has 0 saturated carbocycles. The average molecular weight is 276 g/mol. The number of rotatable bonds is 3. The summed E-state index contributed by atoms with van der Waals surface area (Å²) in [5.74, 6) is 0. The molecule has 0 unspecified atom stereocenters. The molecule has 0 bridgehead atoms. The van der Waals surface area contributed by atoms with Crippen LogP contribution in [0.25, 0.3) is 0 Å². The lowest BCUT2D eigenvalue weighted by molar-refractivity contribution is 0.231. The second-order valence-corrected chi connectivity index (χ2v) is 16.1. The molecule has 16 heavy (non-hydrogen) atoms. The summed E-state index contributed by atoms with van der Waals surface area (Å²) in [6, 6.07) is 3.07. The lowest BCUT2D eigenvalue weighted by Gasteiger charge is -2.47. The van der Waals surface area contributed by atoms with Crippen molar-refractivity contribution in [1.29, 1.82) is 5.26 Å². The van der Waals surface area contributed by atoms with Crippen LogP contribution in [0, 0.1) is 11.3 Å². The van der Waals surface area contributed by atoms with Crippen LogP contribution >= 0.6 is 0 Å². The molecule has 0 aromatic heterocycles. The van der Waals surface area contributed by atoms with Gasteiger partial charge < -0.3 is 12.3 Å². The molecule has 0 spiro atoms. The summed E-state index contributed by atoms with van der Waals surface area (Å²) < 4.78 is 18.2. The molecule has 0 aromatic carbocycles. The number of unbranched alkanes of at least 4 members (excludes halogenated alkanes) is 1. The Balaban J connectivity index is 2.68. The Kier molecular flexibility index (Phi) is 4.15. The van der Waals surface area contributed by atoms with Crippen LogP contribution in [0.4, 0.5) is 0 Å². The minimum Gasteiger partial charge on any atom is -0.416 e. The second kappa shape index (κ2) is 4.72. The Morgan fingerprint density at radius 3 is 1.88 bits per heavy atom. The zero-order valence-electron chi connectivity index (χ0n) is 10.8. The first-order valence-electron chi connectivity index (χ1n) is 5.66. The van der Waals surface area contributed by atoms with Gasteiger partial charge in [-0.25, -0.2) is 0 Å². The summed E-state index contributed by atoms with van der Waals surface area (Å²) in [7, 11) is -6.11. The Hall–Kier alpha value is 0.0206. The maximum atomic E-state index is 8.56. The molecule has 0 aromatic rings. The highest BCUT2D eigenvalue weighted by Gasteiger charge is 2.52. The van der Waals surface area contributed by atoms with Gasteiger partial charge in [0.1, 0.15) is 0 Å². The third-order valence-corrected chi connectivity index (χ3v) is 14.9. The topological polar surface area (TPSA) is 51.5 Å². The first-order chi connectivity index (χ1) is 7.18. The van der Waals surface area contributed by atoms with Crippen molar-refractivity contribution in [3.8, 4) is 6.07 Å². The van der Waals surface area contributed by atoms with Crippen LogP contribution in [0.15, 0.2) is 0 Å². The van der Waals surface area contributed by atoms with Crippen molar-refractivity contribution in [1.82, 2.24) is 0 Å². The predicted octanol–water partition coefficient (Wildman–Crippen LogP) is 2.83. The minimum absolute atomic E-state index is 0.583. The molecule has 1 heterocycles. The van der Waals surface area contributed by atoms with Gasteiger partial charge in [0.2, 0.25) is 0 Å². The summed E-state index contributed by atoms with van der Waals surface area (Å²) in [4.78, 5) is 0. The summed E-state index contributed by atoms with van der Waals surface area (Å²) in [6.45, 7) is 10.4. The monoisotopic (exact) mass is 275 g/mol. The fourth-order valence-corrected chi connectivity index (χ4v) is 18.6. The normalized spacial score (nSPS) is 26.0. The molecule has 0 amide bonds. The molecule has 4 nitrogen and oxygen atoms in total. The molecule has 0 N–H and O–H groups in total. The maximum absolute atomic E-state index is 8.56. The standard InChI is InChI=1S/C9H21NO3Si3/c1-14(2)11-15(3,4)13-16(5,12-14)9-7-6-8-10/h6-7,9H2,1-5H3. The Bertz CT molecular complexity index is 285. The lowest BCUT2D eigenvalue weighted by atomic mass is 10.4. The van der Waals surface area contributed by atoms with Gasteiger partial charge in [-0.05, 0) is 45.2 Å². The second-order valence-electron chi connectivity index (χ2n) is 5.25. The van der Waals surface area contributed by atoms with E-state index in [1.165, 1.54) is 0 Å². The zero-order chi connectivity index (χ0) is 12.4. The fraction of sp³-hybridized carbons (Fsp3) is 0.889. The molecule has 0 atom stereocenters. The molecule has 1 aliphatic heterocycles. The van der Waals surface area contributed by atoms with Gasteiger partial charge in [0, 0.05) is 6.42 Å². The fourth-order valence-electron chi connectivity index (χ4n) is 2.28. The van der Waals surface area contributed by atoms with Crippen LogP contribution in [0.3, 0.4) is 0 Å². The molecular formula is C9H21NO3Si3. The summed E-state index contributed by atoms with van der Waals surface area (Å²) in [6.07, 6.45) is 1.45. The predicted molar refractivity (Wildman–Crippen MR) is 69.5 cm³/mol. The summed E-state index contributed by atoms with van der Waals surface area (Å²) >= 11 is 0. The molecular weight excluding hydrogens is 254 g/mol. The van der Waals surface area contributed by atoms with Crippen molar-refractivity contribution < 1.29 is 12.3 Å². The van der Waals surface area contributed by atoms with Gasteiger partial charge in [-0.1, -0.05) is 0 Å². The van der Waals surface area contributed by atoms with Crippen molar-refractivity contribution in [2.75, 3.05) is 0 Å². The molecule has 0 radical (unpaired) electrons. The number of hydrogen-bond acceptors (Lipinski definition) is 4. The van der Waals surface area contributed by atoms with E-state index in [4.69, 9.17) is 17.6 Å². The Morgan fingerprint density at radius 1 is 0.938 bits per heavy atom. The van der Waals surface area contributed by atoms with E-state index in [0.29, 0.717) is 6.42 Å². The zero-order valence-corrected chi connectivity index (χ0v) is 13.8. The van der Waals surface area contributed by atoms with Crippen LogP contribution in [-0.2, 0) is 12.3 Å². The van der Waals surface area contributed by atoms with E-state index < -0.39 is 25.7 Å². The molecule has 1 fully saturated rings.